The number of hydrogen-bond acceptors (Lipinski definition) is 4. The van der Waals surface area contributed by atoms with Gasteiger partial charge in [-0.05, 0) is 37.8 Å². The van der Waals surface area contributed by atoms with Crippen LogP contribution in [-0.4, -0.2) is 20.2 Å². The molecule has 0 saturated carbocycles. The molecule has 0 saturated heterocycles. The molecule has 3 aromatic rings. The number of aryl methyl sites for hydroxylation is 2. The molecule has 0 fully saturated rings. The quantitative estimate of drug-likeness (QED) is 0.425. The normalized spacial score (nSPS) is 11.5. The molecule has 0 bridgehead atoms. The number of aromatic hydroxyl groups is 2. The molecule has 0 unspecified atom stereocenters. The topological polar surface area (TPSA) is 106 Å². The minimum Gasteiger partial charge on any atom is -0.507 e. The summed E-state index contributed by atoms with van der Waals surface area (Å²) in [5, 5.41) is 22.8. The molecule has 2 heterocycles. The third kappa shape index (κ3) is 2.48. The number of pyridine rings is 2. The van der Waals surface area contributed by atoms with Crippen LogP contribution in [0, 0.1) is 13.8 Å². The Morgan fingerprint density at radius 3 is 1.46 bits per heavy atom. The van der Waals surface area contributed by atoms with E-state index in [-0.39, 0.29) is 33.7 Å². The third-order valence-corrected chi connectivity index (χ3v) is 5.11. The molecule has 138 valence electrons. The van der Waals surface area contributed by atoms with Crippen LogP contribution in [0.15, 0.2) is 9.59 Å². The zero-order valence-corrected chi connectivity index (χ0v) is 15.5. The van der Waals surface area contributed by atoms with E-state index in [1.54, 1.807) is 13.8 Å². The van der Waals surface area contributed by atoms with Crippen molar-refractivity contribution in [3.8, 4) is 11.5 Å². The fourth-order valence-electron chi connectivity index (χ4n) is 3.74. The second-order valence-electron chi connectivity index (χ2n) is 6.81. The molecule has 0 aliphatic carbocycles. The zero-order chi connectivity index (χ0) is 19.2. The van der Waals surface area contributed by atoms with Crippen LogP contribution in [0.5, 0.6) is 11.5 Å². The van der Waals surface area contributed by atoms with E-state index in [1.807, 2.05) is 13.8 Å². The summed E-state index contributed by atoms with van der Waals surface area (Å²) in [4.78, 5) is 29.9. The lowest BCUT2D eigenvalue weighted by Gasteiger charge is -2.17. The highest BCUT2D eigenvalue weighted by Crippen LogP contribution is 2.43. The Hall–Kier alpha value is -2.76. The van der Waals surface area contributed by atoms with E-state index in [4.69, 9.17) is 0 Å². The van der Waals surface area contributed by atoms with E-state index in [0.717, 1.165) is 24.0 Å². The highest BCUT2D eigenvalue weighted by Gasteiger charge is 2.23. The Balaban J connectivity index is 2.67. The van der Waals surface area contributed by atoms with Crippen molar-refractivity contribution in [1.29, 1.82) is 0 Å². The van der Waals surface area contributed by atoms with Crippen LogP contribution in [0.4, 0.5) is 0 Å². The molecule has 2 aromatic heterocycles. The fourth-order valence-corrected chi connectivity index (χ4v) is 3.74. The van der Waals surface area contributed by atoms with E-state index in [2.05, 4.69) is 9.97 Å². The van der Waals surface area contributed by atoms with Crippen molar-refractivity contribution >= 4 is 21.8 Å². The van der Waals surface area contributed by atoms with Gasteiger partial charge in [-0.2, -0.15) is 0 Å². The second kappa shape index (κ2) is 6.52. The maximum absolute atomic E-state index is 12.3. The molecular formula is C20H24N2O4. The minimum absolute atomic E-state index is 0.00148. The molecule has 0 radical (unpaired) electrons. The lowest BCUT2D eigenvalue weighted by atomic mass is 9.93. The van der Waals surface area contributed by atoms with Gasteiger partial charge in [-0.3, -0.25) is 9.59 Å². The zero-order valence-electron chi connectivity index (χ0n) is 15.5. The van der Waals surface area contributed by atoms with Gasteiger partial charge in [0.05, 0.1) is 11.0 Å². The summed E-state index contributed by atoms with van der Waals surface area (Å²) < 4.78 is 0. The van der Waals surface area contributed by atoms with Gasteiger partial charge in [-0.15, -0.1) is 0 Å². The summed E-state index contributed by atoms with van der Waals surface area (Å²) >= 11 is 0. The average Bonchev–Trinajstić information content (AvgIpc) is 2.60. The molecule has 6 nitrogen and oxygen atoms in total. The second-order valence-corrected chi connectivity index (χ2v) is 6.81. The Kier molecular flexibility index (Phi) is 4.52. The van der Waals surface area contributed by atoms with E-state index < -0.39 is 0 Å². The molecule has 0 aliphatic rings. The predicted octanol–water partition coefficient (Wildman–Crippen LogP) is 3.30. The van der Waals surface area contributed by atoms with Crippen LogP contribution < -0.4 is 11.1 Å². The van der Waals surface area contributed by atoms with Crippen LogP contribution in [0.1, 0.15) is 48.9 Å². The van der Waals surface area contributed by atoms with Crippen LogP contribution in [0.25, 0.3) is 21.8 Å². The SMILES string of the molecule is CCCc1c(C)c(=O)[nH]c2c(O)c3[nH]c(=O)c(C)c(CCC)c3c(O)c12. The molecule has 0 spiro atoms. The van der Waals surface area contributed by atoms with Crippen molar-refractivity contribution < 1.29 is 10.2 Å². The number of H-pyrrole nitrogens is 2. The van der Waals surface area contributed by atoms with Crippen LogP contribution in [-0.2, 0) is 12.8 Å². The number of fused-ring (bicyclic) bond motifs is 2. The van der Waals surface area contributed by atoms with E-state index in [1.165, 1.54) is 0 Å². The van der Waals surface area contributed by atoms with Crippen molar-refractivity contribution in [2.45, 2.75) is 53.4 Å². The van der Waals surface area contributed by atoms with E-state index in [0.29, 0.717) is 34.7 Å². The highest BCUT2D eigenvalue weighted by atomic mass is 16.3. The van der Waals surface area contributed by atoms with Crippen LogP contribution in [0.3, 0.4) is 0 Å². The number of benzene rings is 1. The lowest BCUT2D eigenvalue weighted by molar-refractivity contribution is 0.475. The van der Waals surface area contributed by atoms with Crippen molar-refractivity contribution in [3.05, 3.63) is 43.0 Å². The molecule has 26 heavy (non-hydrogen) atoms. The Morgan fingerprint density at radius 2 is 1.12 bits per heavy atom. The standard InChI is InChI=1S/C20H24N2O4/c1-5-7-11-9(3)19(25)21-15-13(11)17(23)14-12(8-6-2)10(4)20(26)22-16(14)18(15)24/h23-24H,5-8H2,1-4H3,(H,21,25)(H,22,26). The molecule has 6 heteroatoms. The Labute approximate surface area is 150 Å². The number of phenolic OH excluding ortho intramolecular Hbond substituents is 2. The van der Waals surface area contributed by atoms with Crippen LogP contribution in [0.2, 0.25) is 0 Å². The van der Waals surface area contributed by atoms with Crippen molar-refractivity contribution in [2.75, 3.05) is 0 Å². The molecule has 3 rings (SSSR count). The van der Waals surface area contributed by atoms with Gasteiger partial charge >= 0.3 is 0 Å². The monoisotopic (exact) mass is 356 g/mol. The van der Waals surface area contributed by atoms with Gasteiger partial charge in [0.25, 0.3) is 11.1 Å². The predicted molar refractivity (Wildman–Crippen MR) is 103 cm³/mol. The van der Waals surface area contributed by atoms with Gasteiger partial charge in [-0.1, -0.05) is 26.7 Å². The summed E-state index contributed by atoms with van der Waals surface area (Å²) in [6.07, 6.45) is 2.81. The average molecular weight is 356 g/mol. The largest absolute Gasteiger partial charge is 0.507 e. The Morgan fingerprint density at radius 1 is 0.731 bits per heavy atom. The maximum atomic E-state index is 12.3. The first kappa shape index (κ1) is 18.0. The Bertz CT molecular complexity index is 1050. The number of nitrogens with one attached hydrogen (secondary N) is 2. The van der Waals surface area contributed by atoms with Gasteiger partial charge in [0.2, 0.25) is 0 Å². The summed E-state index contributed by atoms with van der Waals surface area (Å²) in [6.45, 7) is 7.42. The van der Waals surface area contributed by atoms with Gasteiger partial charge in [0.15, 0.2) is 5.75 Å². The molecule has 0 atom stereocenters. The fraction of sp³-hybridized carbons (Fsp3) is 0.400. The summed E-state index contributed by atoms with van der Waals surface area (Å²) in [6, 6.07) is 0. The number of aromatic amines is 2. The number of phenols is 2. The first-order valence-electron chi connectivity index (χ1n) is 8.98. The van der Waals surface area contributed by atoms with Crippen molar-refractivity contribution in [3.63, 3.8) is 0 Å². The first-order valence-corrected chi connectivity index (χ1v) is 8.98. The number of aromatic nitrogens is 2. The van der Waals surface area contributed by atoms with Crippen molar-refractivity contribution in [2.24, 2.45) is 0 Å². The summed E-state index contributed by atoms with van der Waals surface area (Å²) in [5.41, 5.74) is 2.24. The highest BCUT2D eigenvalue weighted by molar-refractivity contribution is 6.10. The smallest absolute Gasteiger partial charge is 0.251 e. The molecule has 4 N–H and O–H groups in total. The number of hydrogen-bond donors (Lipinski definition) is 4. The molecule has 0 aliphatic heterocycles. The van der Waals surface area contributed by atoms with Gasteiger partial charge in [0, 0.05) is 21.9 Å². The van der Waals surface area contributed by atoms with Gasteiger partial charge < -0.3 is 20.2 Å². The molecular weight excluding hydrogens is 332 g/mol. The molecule has 1 aromatic carbocycles. The van der Waals surface area contributed by atoms with Gasteiger partial charge in [0.1, 0.15) is 5.75 Å². The summed E-state index contributed by atoms with van der Waals surface area (Å²) in [7, 11) is 0. The first-order chi connectivity index (χ1) is 12.3. The minimum atomic E-state index is -0.307. The third-order valence-electron chi connectivity index (χ3n) is 5.11. The van der Waals surface area contributed by atoms with E-state index >= 15 is 0 Å². The van der Waals surface area contributed by atoms with Gasteiger partial charge in [-0.25, -0.2) is 0 Å². The lowest BCUT2D eigenvalue weighted by Crippen LogP contribution is -2.16. The van der Waals surface area contributed by atoms with E-state index in [9.17, 15) is 19.8 Å². The maximum Gasteiger partial charge on any atom is 0.251 e. The van der Waals surface area contributed by atoms with Crippen LogP contribution >= 0.6 is 0 Å². The summed E-state index contributed by atoms with van der Waals surface area (Å²) in [5.74, 6) is -0.213. The number of rotatable bonds is 4. The molecule has 0 amide bonds. The van der Waals surface area contributed by atoms with Crippen molar-refractivity contribution in [1.82, 2.24) is 9.97 Å².